The van der Waals surface area contributed by atoms with E-state index in [4.69, 9.17) is 10.00 Å². The molecular formula is C13H13FN2O2. The fourth-order valence-electron chi connectivity index (χ4n) is 2.93. The van der Waals surface area contributed by atoms with E-state index in [9.17, 15) is 9.50 Å². The number of hydrogen-bond donors (Lipinski definition) is 1. The van der Waals surface area contributed by atoms with Crippen molar-refractivity contribution >= 4 is 0 Å². The predicted molar refractivity (Wildman–Crippen MR) is 59.9 cm³/mol. The fraction of sp³-hybridized carbons (Fsp3) is 0.538. The molecule has 2 bridgehead atoms. The number of nitrogens with zero attached hydrogens (tertiary/aromatic N) is 2. The van der Waals surface area contributed by atoms with Gasteiger partial charge in [0, 0.05) is 24.6 Å². The van der Waals surface area contributed by atoms with Gasteiger partial charge in [-0.2, -0.15) is 5.26 Å². The summed E-state index contributed by atoms with van der Waals surface area (Å²) in [4.78, 5) is 3.75. The molecule has 0 aromatic carbocycles. The Morgan fingerprint density at radius 2 is 2.11 bits per heavy atom. The van der Waals surface area contributed by atoms with E-state index in [1.54, 1.807) is 6.07 Å². The third kappa shape index (κ3) is 1.78. The van der Waals surface area contributed by atoms with Crippen molar-refractivity contribution in [3.05, 3.63) is 29.3 Å². The Balaban J connectivity index is 1.94. The molecule has 1 N–H and O–H groups in total. The lowest BCUT2D eigenvalue weighted by Crippen LogP contribution is -2.38. The molecule has 1 aromatic heterocycles. The summed E-state index contributed by atoms with van der Waals surface area (Å²) in [5, 5.41) is 19.3. The second kappa shape index (κ2) is 4.01. The van der Waals surface area contributed by atoms with E-state index in [-0.39, 0.29) is 17.9 Å². The molecule has 3 rings (SSSR count). The molecule has 2 aliphatic heterocycles. The first-order valence-electron chi connectivity index (χ1n) is 6.05. The number of ether oxygens (including phenoxy) is 1. The van der Waals surface area contributed by atoms with E-state index in [1.807, 2.05) is 0 Å². The average molecular weight is 248 g/mol. The zero-order chi connectivity index (χ0) is 12.8. The van der Waals surface area contributed by atoms with Crippen LogP contribution in [0.5, 0.6) is 0 Å². The molecule has 0 saturated carbocycles. The number of pyridine rings is 1. The summed E-state index contributed by atoms with van der Waals surface area (Å²) in [5.74, 6) is -0.678. The first-order chi connectivity index (χ1) is 8.60. The lowest BCUT2D eigenvalue weighted by Gasteiger charge is -2.36. The Kier molecular flexibility index (Phi) is 2.58. The van der Waals surface area contributed by atoms with Crippen LogP contribution in [0.1, 0.15) is 36.9 Å². The highest BCUT2D eigenvalue weighted by Gasteiger charge is 2.45. The van der Waals surface area contributed by atoms with Crippen LogP contribution in [-0.2, 0) is 10.3 Å². The smallest absolute Gasteiger partial charge is 0.176 e. The van der Waals surface area contributed by atoms with Crippen LogP contribution in [0.2, 0.25) is 0 Å². The summed E-state index contributed by atoms with van der Waals surface area (Å²) in [7, 11) is 0. The van der Waals surface area contributed by atoms with Gasteiger partial charge >= 0.3 is 0 Å². The van der Waals surface area contributed by atoms with Crippen molar-refractivity contribution in [1.29, 1.82) is 5.26 Å². The first kappa shape index (κ1) is 11.6. The Hall–Kier alpha value is -1.51. The van der Waals surface area contributed by atoms with Gasteiger partial charge < -0.3 is 9.84 Å². The molecule has 2 aliphatic rings. The molecule has 2 unspecified atom stereocenters. The molecule has 0 amide bonds. The largest absolute Gasteiger partial charge is 0.385 e. The van der Waals surface area contributed by atoms with Crippen LogP contribution in [0.3, 0.4) is 0 Å². The highest BCUT2D eigenvalue weighted by atomic mass is 19.1. The number of fused-ring (bicyclic) bond motifs is 2. The second-order valence-corrected chi connectivity index (χ2v) is 5.06. The Labute approximate surface area is 104 Å². The van der Waals surface area contributed by atoms with E-state index in [2.05, 4.69) is 4.98 Å². The minimum absolute atomic E-state index is 0.0486. The zero-order valence-electron chi connectivity index (χ0n) is 9.77. The molecule has 3 heterocycles. The number of aliphatic hydroxyl groups is 1. The van der Waals surface area contributed by atoms with Gasteiger partial charge in [-0.3, -0.25) is 0 Å². The molecule has 5 heteroatoms. The standard InChI is InChI=1S/C13H13FN2O2/c14-11-3-8(7-16-12(11)6-15)13(17)4-9-1-2-10(5-13)18-9/h3,7,9-10,17H,1-2,4-5H2. The SMILES string of the molecule is N#Cc1ncc(C2(O)CC3CCC(C2)O3)cc1F. The van der Waals surface area contributed by atoms with Gasteiger partial charge in [-0.15, -0.1) is 0 Å². The predicted octanol–water partition coefficient (Wildman–Crippen LogP) is 1.62. The summed E-state index contributed by atoms with van der Waals surface area (Å²) < 4.78 is 19.2. The molecule has 1 aromatic rings. The van der Waals surface area contributed by atoms with Gasteiger partial charge in [0.25, 0.3) is 0 Å². The summed E-state index contributed by atoms with van der Waals surface area (Å²) >= 11 is 0. The van der Waals surface area contributed by atoms with Crippen molar-refractivity contribution in [3.63, 3.8) is 0 Å². The van der Waals surface area contributed by atoms with Crippen molar-refractivity contribution in [2.75, 3.05) is 0 Å². The van der Waals surface area contributed by atoms with E-state index >= 15 is 0 Å². The van der Waals surface area contributed by atoms with E-state index in [0.717, 1.165) is 12.8 Å². The molecule has 94 valence electrons. The van der Waals surface area contributed by atoms with Crippen LogP contribution in [0.4, 0.5) is 4.39 Å². The van der Waals surface area contributed by atoms with Crippen LogP contribution in [0, 0.1) is 17.1 Å². The molecule has 0 radical (unpaired) electrons. The Bertz CT molecular complexity index is 514. The lowest BCUT2D eigenvalue weighted by molar-refractivity contribution is -0.115. The van der Waals surface area contributed by atoms with Crippen LogP contribution in [0.25, 0.3) is 0 Å². The lowest BCUT2D eigenvalue weighted by atomic mass is 9.84. The molecule has 2 atom stereocenters. The highest BCUT2D eigenvalue weighted by molar-refractivity contribution is 5.29. The van der Waals surface area contributed by atoms with Gasteiger partial charge in [-0.1, -0.05) is 0 Å². The molecule has 18 heavy (non-hydrogen) atoms. The van der Waals surface area contributed by atoms with Crippen LogP contribution in [-0.4, -0.2) is 22.3 Å². The average Bonchev–Trinajstić information content (AvgIpc) is 2.69. The van der Waals surface area contributed by atoms with Crippen LogP contribution in [0.15, 0.2) is 12.3 Å². The number of aromatic nitrogens is 1. The summed E-state index contributed by atoms with van der Waals surface area (Å²) in [6.45, 7) is 0. The van der Waals surface area contributed by atoms with Gasteiger partial charge in [0.2, 0.25) is 0 Å². The normalized spacial score (nSPS) is 34.3. The summed E-state index contributed by atoms with van der Waals surface area (Å²) in [6, 6.07) is 2.89. The van der Waals surface area contributed by atoms with Crippen molar-refractivity contribution in [3.8, 4) is 6.07 Å². The topological polar surface area (TPSA) is 66.1 Å². The van der Waals surface area contributed by atoms with E-state index < -0.39 is 11.4 Å². The third-order valence-electron chi connectivity index (χ3n) is 3.81. The minimum Gasteiger partial charge on any atom is -0.385 e. The minimum atomic E-state index is -1.08. The molecule has 2 saturated heterocycles. The number of nitriles is 1. The molecule has 0 spiro atoms. The van der Waals surface area contributed by atoms with Gasteiger partial charge in [0.1, 0.15) is 6.07 Å². The fourth-order valence-corrected chi connectivity index (χ4v) is 2.93. The maximum atomic E-state index is 13.6. The molecule has 4 nitrogen and oxygen atoms in total. The molecular weight excluding hydrogens is 235 g/mol. The van der Waals surface area contributed by atoms with Crippen LogP contribution >= 0.6 is 0 Å². The maximum Gasteiger partial charge on any atom is 0.176 e. The monoisotopic (exact) mass is 248 g/mol. The van der Waals surface area contributed by atoms with Crippen molar-refractivity contribution in [1.82, 2.24) is 4.98 Å². The van der Waals surface area contributed by atoms with E-state index in [0.29, 0.717) is 18.4 Å². The highest BCUT2D eigenvalue weighted by Crippen LogP contribution is 2.43. The summed E-state index contributed by atoms with van der Waals surface area (Å²) in [5.41, 5.74) is -0.872. The molecule has 2 fully saturated rings. The number of halogens is 1. The second-order valence-electron chi connectivity index (χ2n) is 5.06. The number of hydrogen-bond acceptors (Lipinski definition) is 4. The Morgan fingerprint density at radius 1 is 1.44 bits per heavy atom. The van der Waals surface area contributed by atoms with E-state index in [1.165, 1.54) is 12.3 Å². The van der Waals surface area contributed by atoms with Crippen molar-refractivity contribution in [2.24, 2.45) is 0 Å². The Morgan fingerprint density at radius 3 is 2.67 bits per heavy atom. The number of rotatable bonds is 1. The van der Waals surface area contributed by atoms with Gasteiger partial charge in [0.15, 0.2) is 11.5 Å². The van der Waals surface area contributed by atoms with Crippen molar-refractivity contribution in [2.45, 2.75) is 43.5 Å². The summed E-state index contributed by atoms with van der Waals surface area (Å²) in [6.07, 6.45) is 4.32. The maximum absolute atomic E-state index is 13.6. The van der Waals surface area contributed by atoms with Gasteiger partial charge in [-0.05, 0) is 18.9 Å². The first-order valence-corrected chi connectivity index (χ1v) is 6.05. The van der Waals surface area contributed by atoms with Crippen LogP contribution < -0.4 is 0 Å². The van der Waals surface area contributed by atoms with Gasteiger partial charge in [-0.25, -0.2) is 9.37 Å². The van der Waals surface area contributed by atoms with Gasteiger partial charge in [0.05, 0.1) is 17.8 Å². The molecule has 0 aliphatic carbocycles. The quantitative estimate of drug-likeness (QED) is 0.820. The third-order valence-corrected chi connectivity index (χ3v) is 3.81. The van der Waals surface area contributed by atoms with Crippen molar-refractivity contribution < 1.29 is 14.2 Å². The zero-order valence-corrected chi connectivity index (χ0v) is 9.77.